The van der Waals surface area contributed by atoms with Gasteiger partial charge in [-0.05, 0) is 17.8 Å². The molecular weight excluding hydrogens is 262 g/mol. The summed E-state index contributed by atoms with van der Waals surface area (Å²) in [7, 11) is -3.41. The van der Waals surface area contributed by atoms with Gasteiger partial charge in [0, 0.05) is 19.5 Å². The minimum absolute atomic E-state index is 0.146. The third kappa shape index (κ3) is 2.84. The van der Waals surface area contributed by atoms with E-state index in [1.165, 1.54) is 6.20 Å². The minimum atomic E-state index is -3.41. The van der Waals surface area contributed by atoms with Crippen molar-refractivity contribution in [3.8, 4) is 0 Å². The number of hydrogen-bond donors (Lipinski definition) is 1. The van der Waals surface area contributed by atoms with E-state index >= 15 is 0 Å². The molecule has 0 bridgehead atoms. The van der Waals surface area contributed by atoms with Crippen molar-refractivity contribution in [2.24, 2.45) is 11.3 Å². The van der Waals surface area contributed by atoms with E-state index in [2.05, 4.69) is 30.7 Å². The maximum absolute atomic E-state index is 12.5. The third-order valence-corrected chi connectivity index (χ3v) is 5.71. The Labute approximate surface area is 115 Å². The molecule has 2 heterocycles. The molecule has 1 aromatic rings. The summed E-state index contributed by atoms with van der Waals surface area (Å²) in [5.41, 5.74) is 0.146. The van der Waals surface area contributed by atoms with E-state index in [9.17, 15) is 8.42 Å². The molecule has 0 aromatic carbocycles. The molecule has 6 heteroatoms. The molecule has 1 aliphatic heterocycles. The highest BCUT2D eigenvalue weighted by molar-refractivity contribution is 7.89. The van der Waals surface area contributed by atoms with Gasteiger partial charge < -0.3 is 4.98 Å². The number of nitrogens with zero attached hydrogens (tertiary/aromatic N) is 2. The van der Waals surface area contributed by atoms with Crippen molar-refractivity contribution in [1.82, 2.24) is 14.3 Å². The highest BCUT2D eigenvalue weighted by Gasteiger charge is 2.38. The van der Waals surface area contributed by atoms with Crippen molar-refractivity contribution in [3.05, 3.63) is 12.0 Å². The molecule has 19 heavy (non-hydrogen) atoms. The van der Waals surface area contributed by atoms with E-state index in [-0.39, 0.29) is 10.4 Å². The fourth-order valence-corrected chi connectivity index (χ4v) is 3.88. The van der Waals surface area contributed by atoms with Crippen LogP contribution in [0.15, 0.2) is 11.2 Å². The number of sulfonamides is 1. The molecule has 0 saturated carbocycles. The lowest BCUT2D eigenvalue weighted by atomic mass is 9.80. The molecule has 2 rings (SSSR count). The number of aromatic nitrogens is 2. The molecule has 1 N–H and O–H groups in total. The van der Waals surface area contributed by atoms with E-state index in [4.69, 9.17) is 0 Å². The van der Waals surface area contributed by atoms with Gasteiger partial charge in [-0.15, -0.1) is 0 Å². The fourth-order valence-electron chi connectivity index (χ4n) is 2.45. The predicted octanol–water partition coefficient (Wildman–Crippen LogP) is 2.03. The monoisotopic (exact) mass is 285 g/mol. The van der Waals surface area contributed by atoms with E-state index in [0.29, 0.717) is 31.3 Å². The Kier molecular flexibility index (Phi) is 3.75. The Morgan fingerprint density at radius 2 is 2.16 bits per heavy atom. The first-order valence-corrected chi connectivity index (χ1v) is 8.23. The Morgan fingerprint density at radius 3 is 2.63 bits per heavy atom. The van der Waals surface area contributed by atoms with E-state index in [0.717, 1.165) is 6.42 Å². The Morgan fingerprint density at radius 1 is 1.47 bits per heavy atom. The van der Waals surface area contributed by atoms with Crippen molar-refractivity contribution in [1.29, 1.82) is 0 Å². The summed E-state index contributed by atoms with van der Waals surface area (Å²) in [5.74, 6) is 1.13. The second kappa shape index (κ2) is 4.90. The zero-order chi connectivity index (χ0) is 14.3. The molecule has 0 amide bonds. The quantitative estimate of drug-likeness (QED) is 0.924. The topological polar surface area (TPSA) is 66.1 Å². The Balaban J connectivity index is 2.18. The number of aromatic amines is 1. The third-order valence-electron chi connectivity index (χ3n) is 3.93. The smallest absolute Gasteiger partial charge is 0.260 e. The van der Waals surface area contributed by atoms with Gasteiger partial charge >= 0.3 is 0 Å². The van der Waals surface area contributed by atoms with Crippen LogP contribution in [0.3, 0.4) is 0 Å². The van der Waals surface area contributed by atoms with Crippen LogP contribution in [0.25, 0.3) is 0 Å². The minimum Gasteiger partial charge on any atom is -0.332 e. The molecular formula is C13H23N3O2S. The zero-order valence-electron chi connectivity index (χ0n) is 12.1. The number of H-pyrrole nitrogens is 1. The maximum Gasteiger partial charge on any atom is 0.260 e. The number of hydrogen-bond acceptors (Lipinski definition) is 3. The van der Waals surface area contributed by atoms with Gasteiger partial charge in [0.05, 0.1) is 6.20 Å². The lowest BCUT2D eigenvalue weighted by Gasteiger charge is -2.26. The summed E-state index contributed by atoms with van der Waals surface area (Å²) < 4.78 is 26.6. The van der Waals surface area contributed by atoms with Gasteiger partial charge in [-0.1, -0.05) is 27.7 Å². The summed E-state index contributed by atoms with van der Waals surface area (Å²) in [4.78, 5) is 6.97. The second-order valence-electron chi connectivity index (χ2n) is 6.26. The van der Waals surface area contributed by atoms with Crippen LogP contribution in [0, 0.1) is 11.3 Å². The van der Waals surface area contributed by atoms with Crippen LogP contribution in [0.4, 0.5) is 0 Å². The molecule has 1 saturated heterocycles. The van der Waals surface area contributed by atoms with Gasteiger partial charge in [-0.2, -0.15) is 4.31 Å². The van der Waals surface area contributed by atoms with E-state index in [1.807, 2.05) is 6.92 Å². The molecule has 5 nitrogen and oxygen atoms in total. The number of nitrogens with one attached hydrogen (secondary N) is 1. The lowest BCUT2D eigenvalue weighted by molar-refractivity contribution is 0.252. The van der Waals surface area contributed by atoms with Crippen molar-refractivity contribution in [2.75, 3.05) is 13.1 Å². The van der Waals surface area contributed by atoms with Gasteiger partial charge in [0.1, 0.15) is 5.82 Å². The highest BCUT2D eigenvalue weighted by Crippen LogP contribution is 2.35. The van der Waals surface area contributed by atoms with Crippen molar-refractivity contribution in [3.63, 3.8) is 0 Å². The maximum atomic E-state index is 12.5. The molecule has 1 aromatic heterocycles. The summed E-state index contributed by atoms with van der Waals surface area (Å²) >= 11 is 0. The second-order valence-corrected chi connectivity index (χ2v) is 8.17. The molecule has 0 spiro atoms. The van der Waals surface area contributed by atoms with Crippen molar-refractivity contribution >= 4 is 10.0 Å². The number of aryl methyl sites for hydroxylation is 1. The van der Waals surface area contributed by atoms with Crippen LogP contribution in [-0.2, 0) is 16.4 Å². The van der Waals surface area contributed by atoms with Crippen LogP contribution >= 0.6 is 0 Å². The Bertz CT molecular complexity index is 542. The number of rotatable bonds is 3. The summed E-state index contributed by atoms with van der Waals surface area (Å²) in [6.45, 7) is 9.65. The van der Waals surface area contributed by atoms with Crippen molar-refractivity contribution < 1.29 is 8.42 Å². The lowest BCUT2D eigenvalue weighted by Crippen LogP contribution is -2.31. The molecule has 1 atom stereocenters. The largest absolute Gasteiger partial charge is 0.332 e. The number of imidazole rings is 1. The van der Waals surface area contributed by atoms with Gasteiger partial charge in [0.25, 0.3) is 10.0 Å². The molecule has 108 valence electrons. The van der Waals surface area contributed by atoms with Gasteiger partial charge in [-0.3, -0.25) is 0 Å². The summed E-state index contributed by atoms with van der Waals surface area (Å²) in [6, 6.07) is 0. The zero-order valence-corrected chi connectivity index (χ0v) is 12.9. The average molecular weight is 285 g/mol. The highest BCUT2D eigenvalue weighted by atomic mass is 32.2. The predicted molar refractivity (Wildman–Crippen MR) is 74.3 cm³/mol. The first-order chi connectivity index (χ1) is 8.75. The molecule has 1 unspecified atom stereocenters. The standard InChI is InChI=1S/C13H23N3O2S/c1-5-11-14-8-12(15-11)19(17,18)16-7-6-10(9-16)13(2,3)4/h8,10H,5-7,9H2,1-4H3,(H,14,15). The van der Waals surface area contributed by atoms with E-state index in [1.54, 1.807) is 4.31 Å². The van der Waals surface area contributed by atoms with Gasteiger partial charge in [0.15, 0.2) is 5.03 Å². The molecule has 1 aliphatic rings. The SMILES string of the molecule is CCc1ncc(S(=O)(=O)N2CCC(C(C)(C)C)C2)[nH]1. The van der Waals surface area contributed by atoms with E-state index < -0.39 is 10.0 Å². The summed E-state index contributed by atoms with van der Waals surface area (Å²) in [6.07, 6.45) is 3.07. The van der Waals surface area contributed by atoms with Crippen LogP contribution in [0.2, 0.25) is 0 Å². The Hall–Kier alpha value is -0.880. The van der Waals surface area contributed by atoms with Crippen LogP contribution < -0.4 is 0 Å². The molecule has 0 radical (unpaired) electrons. The van der Waals surface area contributed by atoms with Crippen LogP contribution in [0.5, 0.6) is 0 Å². The first-order valence-electron chi connectivity index (χ1n) is 6.79. The van der Waals surface area contributed by atoms with Gasteiger partial charge in [-0.25, -0.2) is 13.4 Å². The van der Waals surface area contributed by atoms with Crippen molar-refractivity contribution in [2.45, 2.75) is 45.6 Å². The van der Waals surface area contributed by atoms with Crippen LogP contribution in [0.1, 0.15) is 39.9 Å². The first kappa shape index (κ1) is 14.5. The van der Waals surface area contributed by atoms with Crippen LogP contribution in [-0.4, -0.2) is 35.8 Å². The van der Waals surface area contributed by atoms with Gasteiger partial charge in [0.2, 0.25) is 0 Å². The normalized spacial score (nSPS) is 22.0. The fraction of sp³-hybridized carbons (Fsp3) is 0.769. The molecule has 1 fully saturated rings. The molecule has 0 aliphatic carbocycles. The average Bonchev–Trinajstić information content (AvgIpc) is 2.98. The summed E-state index contributed by atoms with van der Waals surface area (Å²) in [5, 5.41) is 0.221.